The van der Waals surface area contributed by atoms with Gasteiger partial charge in [-0.05, 0) is 41.8 Å². The average molecular weight is 574 g/mol. The van der Waals surface area contributed by atoms with Gasteiger partial charge in [-0.2, -0.15) is 0 Å². The highest BCUT2D eigenvalue weighted by atomic mass is 35.5. The number of carbonyl (C=O) groups excluding carboxylic acids is 2. The predicted molar refractivity (Wildman–Crippen MR) is 133 cm³/mol. The fourth-order valence-corrected chi connectivity index (χ4v) is 6.68. The van der Waals surface area contributed by atoms with E-state index in [4.69, 9.17) is 69.6 Å². The van der Waals surface area contributed by atoms with E-state index in [1.165, 1.54) is 6.07 Å². The molecule has 1 saturated heterocycles. The largest absolute Gasteiger partial charge is 0.326 e. The van der Waals surface area contributed by atoms with Crippen molar-refractivity contribution in [2.24, 2.45) is 11.8 Å². The molecule has 0 spiro atoms. The van der Waals surface area contributed by atoms with Gasteiger partial charge in [0.15, 0.2) is 5.78 Å². The molecule has 2 aliphatic rings. The SMILES string of the molecule is O=C(CC1CS(=O)C1)c1cc(NC(=O)C2C(c3cc(Cl)c(Cl)c(Cl)c3)C2(Cl)Cl)ccc1Cl. The molecule has 1 heterocycles. The maximum absolute atomic E-state index is 12.9. The smallest absolute Gasteiger partial charge is 0.231 e. The first-order valence-corrected chi connectivity index (χ1v) is 13.3. The van der Waals surface area contributed by atoms with E-state index in [-0.39, 0.29) is 38.2 Å². The number of alkyl halides is 2. The lowest BCUT2D eigenvalue weighted by atomic mass is 10.00. The zero-order valence-corrected chi connectivity index (χ0v) is 21.5. The Bertz CT molecular complexity index is 1120. The molecule has 4 nitrogen and oxygen atoms in total. The second-order valence-corrected chi connectivity index (χ2v) is 12.5. The minimum atomic E-state index is -1.35. The Labute approximate surface area is 217 Å². The molecule has 1 saturated carbocycles. The van der Waals surface area contributed by atoms with Crippen molar-refractivity contribution in [2.45, 2.75) is 16.7 Å². The molecule has 2 aromatic carbocycles. The van der Waals surface area contributed by atoms with Crippen molar-refractivity contribution >= 4 is 97.8 Å². The van der Waals surface area contributed by atoms with Gasteiger partial charge in [0.1, 0.15) is 4.33 Å². The summed E-state index contributed by atoms with van der Waals surface area (Å²) in [5.41, 5.74) is 1.29. The first-order valence-electron chi connectivity index (χ1n) is 9.50. The highest BCUT2D eigenvalue weighted by Crippen LogP contribution is 2.65. The first kappa shape index (κ1) is 24.6. The third kappa shape index (κ3) is 4.81. The molecule has 1 N–H and O–H groups in total. The van der Waals surface area contributed by atoms with Crippen molar-refractivity contribution in [3.63, 3.8) is 0 Å². The fraction of sp³-hybridized carbons (Fsp3) is 0.333. The van der Waals surface area contributed by atoms with E-state index in [9.17, 15) is 13.8 Å². The average Bonchev–Trinajstić information content (AvgIpc) is 3.28. The standard InChI is InChI=1S/C21H15Cl6NO3S/c22-13-2-1-11(6-12(13)16(29)3-9-7-32(31)8-9)28-20(30)18-17(21(18,26)27)10-4-14(23)19(25)15(24)5-10/h1-2,4-6,9,17-18H,3,7-8H2,(H,28,30). The predicted octanol–water partition coefficient (Wildman–Crippen LogP) is 6.78. The summed E-state index contributed by atoms with van der Waals surface area (Å²) in [5.74, 6) is -0.741. The summed E-state index contributed by atoms with van der Waals surface area (Å²) in [5, 5.41) is 3.72. The molecule has 11 heteroatoms. The van der Waals surface area contributed by atoms with E-state index >= 15 is 0 Å². The summed E-state index contributed by atoms with van der Waals surface area (Å²) in [6.07, 6.45) is 0.262. The Morgan fingerprint density at radius 2 is 1.62 bits per heavy atom. The minimum Gasteiger partial charge on any atom is -0.326 e. The van der Waals surface area contributed by atoms with E-state index < -0.39 is 32.9 Å². The van der Waals surface area contributed by atoms with Crippen molar-refractivity contribution in [3.05, 3.63) is 61.5 Å². The summed E-state index contributed by atoms with van der Waals surface area (Å²) < 4.78 is 9.91. The van der Waals surface area contributed by atoms with Crippen LogP contribution in [0.25, 0.3) is 0 Å². The van der Waals surface area contributed by atoms with Gasteiger partial charge in [-0.1, -0.05) is 46.4 Å². The van der Waals surface area contributed by atoms with Gasteiger partial charge in [0, 0.05) is 45.9 Å². The van der Waals surface area contributed by atoms with Crippen molar-refractivity contribution in [1.29, 1.82) is 0 Å². The molecule has 170 valence electrons. The number of anilines is 1. The van der Waals surface area contributed by atoms with Crippen LogP contribution >= 0.6 is 69.6 Å². The van der Waals surface area contributed by atoms with Gasteiger partial charge < -0.3 is 5.32 Å². The minimum absolute atomic E-state index is 0.0935. The van der Waals surface area contributed by atoms with Crippen molar-refractivity contribution in [2.75, 3.05) is 16.8 Å². The van der Waals surface area contributed by atoms with Crippen LogP contribution in [0, 0.1) is 11.8 Å². The number of ketones is 1. The van der Waals surface area contributed by atoms with Gasteiger partial charge in [0.05, 0.1) is 26.0 Å². The molecule has 0 bridgehead atoms. The van der Waals surface area contributed by atoms with Crippen LogP contribution in [0.3, 0.4) is 0 Å². The van der Waals surface area contributed by atoms with Gasteiger partial charge in [0.2, 0.25) is 5.91 Å². The monoisotopic (exact) mass is 571 g/mol. The summed E-state index contributed by atoms with van der Waals surface area (Å²) in [6, 6.07) is 7.82. The van der Waals surface area contributed by atoms with Crippen molar-refractivity contribution in [1.82, 2.24) is 0 Å². The van der Waals surface area contributed by atoms with E-state index in [0.29, 0.717) is 28.3 Å². The van der Waals surface area contributed by atoms with Crippen molar-refractivity contribution < 1.29 is 13.8 Å². The number of nitrogens with one attached hydrogen (secondary N) is 1. The maximum atomic E-state index is 12.9. The second-order valence-electron chi connectivity index (χ2n) is 7.88. The van der Waals surface area contributed by atoms with E-state index in [1.54, 1.807) is 24.3 Å². The molecular weight excluding hydrogens is 559 g/mol. The Balaban J connectivity index is 1.49. The molecule has 2 aromatic rings. The Morgan fingerprint density at radius 1 is 1.00 bits per heavy atom. The van der Waals surface area contributed by atoms with Gasteiger partial charge in [0.25, 0.3) is 0 Å². The summed E-state index contributed by atoms with van der Waals surface area (Å²) >= 11 is 37.2. The molecule has 1 aliphatic carbocycles. The van der Waals surface area contributed by atoms with Crippen LogP contribution in [0.5, 0.6) is 0 Å². The topological polar surface area (TPSA) is 63.2 Å². The molecular formula is C21H15Cl6NO3S. The van der Waals surface area contributed by atoms with Gasteiger partial charge in [-0.15, -0.1) is 23.2 Å². The second kappa shape index (κ2) is 9.26. The number of hydrogen-bond acceptors (Lipinski definition) is 3. The number of hydrogen-bond donors (Lipinski definition) is 1. The Hall–Kier alpha value is -0.530. The normalized spacial score (nSPS) is 25.7. The highest BCUT2D eigenvalue weighted by molar-refractivity contribution is 7.86. The molecule has 2 atom stereocenters. The van der Waals surface area contributed by atoms with Crippen LogP contribution in [0.15, 0.2) is 30.3 Å². The summed E-state index contributed by atoms with van der Waals surface area (Å²) in [7, 11) is -0.833. The molecule has 2 unspecified atom stereocenters. The molecule has 0 radical (unpaired) electrons. The maximum Gasteiger partial charge on any atom is 0.231 e. The molecule has 2 fully saturated rings. The summed E-state index contributed by atoms with van der Waals surface area (Å²) in [4.78, 5) is 25.5. The Kier molecular flexibility index (Phi) is 7.11. The molecule has 0 aromatic heterocycles. The quantitative estimate of drug-likeness (QED) is 0.235. The van der Waals surface area contributed by atoms with E-state index in [0.717, 1.165) is 0 Å². The number of amides is 1. The van der Waals surface area contributed by atoms with E-state index in [2.05, 4.69) is 5.32 Å². The molecule has 1 aliphatic heterocycles. The number of Topliss-reactive ketones (excluding diaryl/α,β-unsaturated/α-hetero) is 1. The van der Waals surface area contributed by atoms with Crippen LogP contribution < -0.4 is 5.32 Å². The Morgan fingerprint density at radius 3 is 2.22 bits per heavy atom. The van der Waals surface area contributed by atoms with Gasteiger partial charge in [-0.25, -0.2) is 0 Å². The number of benzene rings is 2. The molecule has 4 rings (SSSR count). The van der Waals surface area contributed by atoms with Crippen LogP contribution in [0.4, 0.5) is 5.69 Å². The third-order valence-electron chi connectivity index (χ3n) is 5.55. The highest BCUT2D eigenvalue weighted by Gasteiger charge is 2.67. The van der Waals surface area contributed by atoms with Gasteiger partial charge >= 0.3 is 0 Å². The fourth-order valence-electron chi connectivity index (χ4n) is 3.83. The molecule has 32 heavy (non-hydrogen) atoms. The van der Waals surface area contributed by atoms with Crippen LogP contribution in [0.2, 0.25) is 20.1 Å². The van der Waals surface area contributed by atoms with Crippen LogP contribution in [-0.2, 0) is 15.6 Å². The third-order valence-corrected chi connectivity index (χ3v) is 9.71. The van der Waals surface area contributed by atoms with Crippen molar-refractivity contribution in [3.8, 4) is 0 Å². The van der Waals surface area contributed by atoms with Crippen LogP contribution in [-0.4, -0.2) is 31.7 Å². The lowest BCUT2D eigenvalue weighted by Gasteiger charge is -2.24. The zero-order valence-electron chi connectivity index (χ0n) is 16.1. The van der Waals surface area contributed by atoms with E-state index in [1.807, 2.05) is 0 Å². The number of rotatable bonds is 6. The number of halogens is 6. The lowest BCUT2D eigenvalue weighted by Crippen LogP contribution is -2.32. The summed E-state index contributed by atoms with van der Waals surface area (Å²) in [6.45, 7) is 0. The van der Waals surface area contributed by atoms with Gasteiger partial charge in [-0.3, -0.25) is 13.8 Å². The lowest BCUT2D eigenvalue weighted by molar-refractivity contribution is -0.117. The number of carbonyl (C=O) groups is 2. The first-order chi connectivity index (χ1) is 15.0. The van der Waals surface area contributed by atoms with Crippen LogP contribution in [0.1, 0.15) is 28.3 Å². The zero-order chi connectivity index (χ0) is 23.4. The molecule has 1 amide bonds.